The summed E-state index contributed by atoms with van der Waals surface area (Å²) in [6, 6.07) is 0.324. The molecule has 3 aliphatic rings. The Kier molecular flexibility index (Phi) is 3.92. The van der Waals surface area contributed by atoms with Crippen LogP contribution in [0.2, 0.25) is 0 Å². The number of hydrogen-bond acceptors (Lipinski definition) is 3. The lowest BCUT2D eigenvalue weighted by atomic mass is 9.83. The van der Waals surface area contributed by atoms with Crippen LogP contribution in [0.3, 0.4) is 0 Å². The zero-order chi connectivity index (χ0) is 12.4. The van der Waals surface area contributed by atoms with E-state index < -0.39 is 0 Å². The van der Waals surface area contributed by atoms with Crippen LogP contribution in [0.1, 0.15) is 57.8 Å². The van der Waals surface area contributed by atoms with E-state index in [9.17, 15) is 0 Å². The Morgan fingerprint density at radius 1 is 1.06 bits per heavy atom. The van der Waals surface area contributed by atoms with Crippen molar-refractivity contribution in [3.8, 4) is 0 Å². The van der Waals surface area contributed by atoms with Crippen LogP contribution in [0.4, 0.5) is 0 Å². The zero-order valence-electron chi connectivity index (χ0n) is 11.4. The van der Waals surface area contributed by atoms with E-state index in [0.717, 1.165) is 26.1 Å². The van der Waals surface area contributed by atoms with Gasteiger partial charge in [-0.15, -0.1) is 0 Å². The monoisotopic (exact) mass is 253 g/mol. The number of rotatable bonds is 2. The number of nitrogens with two attached hydrogens (primary N) is 1. The molecule has 18 heavy (non-hydrogen) atoms. The van der Waals surface area contributed by atoms with E-state index in [4.69, 9.17) is 15.2 Å². The highest BCUT2D eigenvalue weighted by Crippen LogP contribution is 2.43. The van der Waals surface area contributed by atoms with Gasteiger partial charge in [0.05, 0.1) is 18.3 Å². The van der Waals surface area contributed by atoms with Gasteiger partial charge >= 0.3 is 0 Å². The Morgan fingerprint density at radius 2 is 1.89 bits per heavy atom. The number of ether oxygens (including phenoxy) is 2. The third-order valence-corrected chi connectivity index (χ3v) is 5.20. The highest BCUT2D eigenvalue weighted by atomic mass is 16.5. The zero-order valence-corrected chi connectivity index (χ0v) is 11.4. The minimum atomic E-state index is 0.253. The van der Waals surface area contributed by atoms with Gasteiger partial charge in [-0.1, -0.05) is 19.3 Å². The van der Waals surface area contributed by atoms with Crippen LogP contribution >= 0.6 is 0 Å². The molecule has 3 atom stereocenters. The summed E-state index contributed by atoms with van der Waals surface area (Å²) in [6.07, 6.45) is 11.8. The normalized spacial score (nSPS) is 40.2. The molecule has 3 fully saturated rings. The third-order valence-electron chi connectivity index (χ3n) is 5.20. The molecule has 3 heteroatoms. The molecule has 1 aliphatic carbocycles. The first-order chi connectivity index (χ1) is 8.77. The summed E-state index contributed by atoms with van der Waals surface area (Å²) in [5, 5.41) is 0. The van der Waals surface area contributed by atoms with Gasteiger partial charge < -0.3 is 15.2 Å². The maximum Gasteiger partial charge on any atom is 0.0687 e. The molecular formula is C15H27NO2. The van der Waals surface area contributed by atoms with Crippen LogP contribution in [0, 0.1) is 5.92 Å². The van der Waals surface area contributed by atoms with Crippen LogP contribution in [0.25, 0.3) is 0 Å². The minimum absolute atomic E-state index is 0.253. The summed E-state index contributed by atoms with van der Waals surface area (Å²) in [7, 11) is 0. The van der Waals surface area contributed by atoms with E-state index >= 15 is 0 Å². The van der Waals surface area contributed by atoms with Gasteiger partial charge in [0.1, 0.15) is 0 Å². The molecule has 2 heterocycles. The van der Waals surface area contributed by atoms with E-state index in [-0.39, 0.29) is 5.60 Å². The molecule has 0 radical (unpaired) electrons. The highest BCUT2D eigenvalue weighted by molar-refractivity contribution is 4.92. The van der Waals surface area contributed by atoms with E-state index in [0.29, 0.717) is 18.1 Å². The van der Waals surface area contributed by atoms with Crippen molar-refractivity contribution in [3.05, 3.63) is 0 Å². The van der Waals surface area contributed by atoms with Gasteiger partial charge in [-0.2, -0.15) is 0 Å². The molecule has 0 aromatic rings. The molecule has 0 bridgehead atoms. The van der Waals surface area contributed by atoms with Gasteiger partial charge in [-0.05, 0) is 44.4 Å². The topological polar surface area (TPSA) is 44.5 Å². The summed E-state index contributed by atoms with van der Waals surface area (Å²) < 4.78 is 12.0. The van der Waals surface area contributed by atoms with Crippen molar-refractivity contribution in [2.75, 3.05) is 13.2 Å². The third kappa shape index (κ3) is 2.73. The van der Waals surface area contributed by atoms with Crippen molar-refractivity contribution in [2.45, 2.75) is 75.5 Å². The van der Waals surface area contributed by atoms with Crippen molar-refractivity contribution < 1.29 is 9.47 Å². The van der Waals surface area contributed by atoms with E-state index in [1.54, 1.807) is 0 Å². The van der Waals surface area contributed by atoms with Gasteiger partial charge in [0.15, 0.2) is 0 Å². The Balaban J connectivity index is 1.52. The number of hydrogen-bond donors (Lipinski definition) is 1. The summed E-state index contributed by atoms with van der Waals surface area (Å²) in [5.74, 6) is 0.516. The van der Waals surface area contributed by atoms with Crippen LogP contribution < -0.4 is 5.73 Å². The average molecular weight is 253 g/mol. The summed E-state index contributed by atoms with van der Waals surface area (Å²) in [6.45, 7) is 1.68. The van der Waals surface area contributed by atoms with Crippen LogP contribution in [-0.4, -0.2) is 31.0 Å². The molecule has 2 N–H and O–H groups in total. The van der Waals surface area contributed by atoms with Gasteiger partial charge in [0, 0.05) is 12.6 Å². The summed E-state index contributed by atoms with van der Waals surface area (Å²) in [5.41, 5.74) is 6.44. The molecule has 3 unspecified atom stereocenters. The molecule has 1 saturated carbocycles. The second-order valence-electron chi connectivity index (χ2n) is 6.55. The van der Waals surface area contributed by atoms with E-state index in [1.807, 2.05) is 0 Å². The maximum absolute atomic E-state index is 6.43. The second kappa shape index (κ2) is 5.48. The predicted octanol–water partition coefficient (Wildman–Crippen LogP) is 2.62. The fraction of sp³-hybridized carbons (Fsp3) is 1.00. The fourth-order valence-corrected chi connectivity index (χ4v) is 4.02. The molecule has 2 aliphatic heterocycles. The average Bonchev–Trinajstić information content (AvgIpc) is 2.76. The maximum atomic E-state index is 6.43. The molecule has 2 saturated heterocycles. The summed E-state index contributed by atoms with van der Waals surface area (Å²) in [4.78, 5) is 0. The fourth-order valence-electron chi connectivity index (χ4n) is 4.02. The van der Waals surface area contributed by atoms with Crippen molar-refractivity contribution in [2.24, 2.45) is 11.7 Å². The molecule has 3 rings (SSSR count). The largest absolute Gasteiger partial charge is 0.381 e. The van der Waals surface area contributed by atoms with Crippen molar-refractivity contribution in [3.63, 3.8) is 0 Å². The Bertz CT molecular complexity index is 276. The van der Waals surface area contributed by atoms with Gasteiger partial charge in [-0.3, -0.25) is 0 Å². The lowest BCUT2D eigenvalue weighted by Gasteiger charge is -2.35. The molecule has 1 spiro atoms. The molecule has 0 aromatic carbocycles. The second-order valence-corrected chi connectivity index (χ2v) is 6.55. The molecule has 104 valence electrons. The Hall–Kier alpha value is -0.120. The first kappa shape index (κ1) is 12.9. The first-order valence-corrected chi connectivity index (χ1v) is 7.79. The Morgan fingerprint density at radius 3 is 2.67 bits per heavy atom. The van der Waals surface area contributed by atoms with E-state index in [1.165, 1.54) is 44.9 Å². The van der Waals surface area contributed by atoms with Crippen LogP contribution in [0.15, 0.2) is 0 Å². The van der Waals surface area contributed by atoms with Crippen molar-refractivity contribution in [1.29, 1.82) is 0 Å². The summed E-state index contributed by atoms with van der Waals surface area (Å²) >= 11 is 0. The quantitative estimate of drug-likeness (QED) is 0.822. The highest BCUT2D eigenvalue weighted by Gasteiger charge is 2.41. The van der Waals surface area contributed by atoms with Crippen LogP contribution in [0.5, 0.6) is 0 Å². The van der Waals surface area contributed by atoms with E-state index in [2.05, 4.69) is 0 Å². The Labute approximate surface area is 110 Å². The van der Waals surface area contributed by atoms with Crippen LogP contribution in [-0.2, 0) is 9.47 Å². The van der Waals surface area contributed by atoms with Crippen molar-refractivity contribution >= 4 is 0 Å². The molecule has 0 aromatic heterocycles. The lowest BCUT2D eigenvalue weighted by Crippen LogP contribution is -2.41. The van der Waals surface area contributed by atoms with Gasteiger partial charge in [0.2, 0.25) is 0 Å². The smallest absolute Gasteiger partial charge is 0.0687 e. The SMILES string of the molecule is NC1CCOCC1CC1CCC2(CCCCC2)O1. The molecule has 3 nitrogen and oxygen atoms in total. The van der Waals surface area contributed by atoms with Gasteiger partial charge in [0.25, 0.3) is 0 Å². The lowest BCUT2D eigenvalue weighted by molar-refractivity contribution is -0.0780. The van der Waals surface area contributed by atoms with Crippen molar-refractivity contribution in [1.82, 2.24) is 0 Å². The first-order valence-electron chi connectivity index (χ1n) is 7.79. The molecule has 0 amide bonds. The van der Waals surface area contributed by atoms with Gasteiger partial charge in [-0.25, -0.2) is 0 Å². The molecular weight excluding hydrogens is 226 g/mol. The standard InChI is InChI=1S/C15H27NO2/c16-14-5-9-17-11-12(14)10-13-4-8-15(18-13)6-2-1-3-7-15/h12-14H,1-11,16H2. The predicted molar refractivity (Wildman–Crippen MR) is 71.4 cm³/mol. The minimum Gasteiger partial charge on any atom is -0.381 e.